The van der Waals surface area contributed by atoms with Crippen molar-refractivity contribution in [1.29, 1.82) is 0 Å². The molecule has 0 atom stereocenters. The van der Waals surface area contributed by atoms with Gasteiger partial charge in [0.25, 0.3) is 0 Å². The Labute approximate surface area is 83.8 Å². The van der Waals surface area contributed by atoms with Crippen molar-refractivity contribution in [1.82, 2.24) is 0 Å². The Morgan fingerprint density at radius 1 is 1.50 bits per heavy atom. The molecule has 0 heterocycles. The average Bonchev–Trinajstić information content (AvgIpc) is 2.18. The molecule has 3 heteroatoms. The van der Waals surface area contributed by atoms with Crippen molar-refractivity contribution in [3.05, 3.63) is 11.4 Å². The molecule has 0 aromatic carbocycles. The van der Waals surface area contributed by atoms with E-state index < -0.39 is 11.8 Å². The summed E-state index contributed by atoms with van der Waals surface area (Å²) < 4.78 is 13.0. The van der Waals surface area contributed by atoms with Crippen molar-refractivity contribution in [3.63, 3.8) is 0 Å². The van der Waals surface area contributed by atoms with Gasteiger partial charge in [0.15, 0.2) is 0 Å². The highest BCUT2D eigenvalue weighted by Crippen LogP contribution is 2.32. The molecule has 0 aliphatic heterocycles. The van der Waals surface area contributed by atoms with Crippen LogP contribution in [0.15, 0.2) is 11.4 Å². The Bertz CT molecular complexity index is 236. The summed E-state index contributed by atoms with van der Waals surface area (Å²) in [5.74, 6) is -1.65. The number of carboxylic acid groups (broad SMARTS) is 1. The van der Waals surface area contributed by atoms with Gasteiger partial charge in [0.2, 0.25) is 5.83 Å². The van der Waals surface area contributed by atoms with Gasteiger partial charge in [-0.3, -0.25) is 0 Å². The van der Waals surface area contributed by atoms with Gasteiger partial charge in [-0.05, 0) is 37.2 Å². The van der Waals surface area contributed by atoms with Crippen LogP contribution in [0.5, 0.6) is 0 Å². The van der Waals surface area contributed by atoms with E-state index in [2.05, 4.69) is 6.92 Å². The maximum absolute atomic E-state index is 13.0. The highest BCUT2D eigenvalue weighted by Gasteiger charge is 2.21. The minimum Gasteiger partial charge on any atom is -0.476 e. The van der Waals surface area contributed by atoms with E-state index in [1.165, 1.54) is 6.42 Å². The molecule has 1 rings (SSSR count). The lowest BCUT2D eigenvalue weighted by Gasteiger charge is -2.23. The molecule has 0 radical (unpaired) electrons. The third-order valence-corrected chi connectivity index (χ3v) is 2.90. The molecule has 0 unspecified atom stereocenters. The van der Waals surface area contributed by atoms with Crippen LogP contribution < -0.4 is 0 Å². The monoisotopic (exact) mass is 200 g/mol. The van der Waals surface area contributed by atoms with Crippen molar-refractivity contribution in [3.8, 4) is 0 Å². The third-order valence-electron chi connectivity index (χ3n) is 2.90. The van der Waals surface area contributed by atoms with E-state index in [9.17, 15) is 9.18 Å². The maximum atomic E-state index is 13.0. The quantitative estimate of drug-likeness (QED) is 0.710. The lowest BCUT2D eigenvalue weighted by atomic mass is 9.83. The molecule has 2 nitrogen and oxygen atoms in total. The first-order chi connectivity index (χ1) is 6.65. The van der Waals surface area contributed by atoms with E-state index in [0.717, 1.165) is 19.3 Å². The fourth-order valence-electron chi connectivity index (χ4n) is 2.09. The summed E-state index contributed by atoms with van der Waals surface area (Å²) >= 11 is 0. The number of carbonyl (C=O) groups is 1. The number of aliphatic carboxylic acids is 1. The van der Waals surface area contributed by atoms with Crippen molar-refractivity contribution >= 4 is 5.97 Å². The predicted octanol–water partition coefficient (Wildman–Crippen LogP) is 3.28. The normalized spacial score (nSPS) is 22.1. The molecule has 1 aliphatic rings. The van der Waals surface area contributed by atoms with Gasteiger partial charge in [-0.2, -0.15) is 4.39 Å². The molecule has 1 aliphatic carbocycles. The molecule has 1 saturated carbocycles. The highest BCUT2D eigenvalue weighted by molar-refractivity contribution is 5.84. The largest absolute Gasteiger partial charge is 0.476 e. The van der Waals surface area contributed by atoms with Gasteiger partial charge >= 0.3 is 5.97 Å². The van der Waals surface area contributed by atoms with E-state index >= 15 is 0 Å². The van der Waals surface area contributed by atoms with Crippen LogP contribution in [-0.2, 0) is 4.79 Å². The summed E-state index contributed by atoms with van der Waals surface area (Å²) in [6.45, 7) is 2.14. The van der Waals surface area contributed by atoms with Gasteiger partial charge in [-0.15, -0.1) is 0 Å². The molecule has 0 aromatic heterocycles. The Morgan fingerprint density at radius 3 is 2.50 bits per heavy atom. The van der Waals surface area contributed by atoms with Crippen LogP contribution in [0.1, 0.15) is 45.4 Å². The average molecular weight is 200 g/mol. The Morgan fingerprint density at radius 2 is 2.07 bits per heavy atom. The van der Waals surface area contributed by atoms with Crippen LogP contribution in [0.25, 0.3) is 0 Å². The van der Waals surface area contributed by atoms with E-state index in [1.54, 1.807) is 0 Å². The molecule has 0 saturated heterocycles. The molecule has 0 bridgehead atoms. The highest BCUT2D eigenvalue weighted by atomic mass is 19.1. The lowest BCUT2D eigenvalue weighted by molar-refractivity contribution is -0.134. The summed E-state index contributed by atoms with van der Waals surface area (Å²) in [4.78, 5) is 10.4. The van der Waals surface area contributed by atoms with Gasteiger partial charge in [-0.1, -0.05) is 19.8 Å². The van der Waals surface area contributed by atoms with Gasteiger partial charge < -0.3 is 5.11 Å². The van der Waals surface area contributed by atoms with Crippen molar-refractivity contribution in [2.45, 2.75) is 45.4 Å². The van der Waals surface area contributed by atoms with Gasteiger partial charge in [0.05, 0.1) is 0 Å². The molecule has 14 heavy (non-hydrogen) atoms. The Kier molecular flexibility index (Phi) is 4.11. The molecule has 1 N–H and O–H groups in total. The molecule has 80 valence electrons. The summed E-state index contributed by atoms with van der Waals surface area (Å²) in [6.07, 6.45) is 5.49. The zero-order valence-electron chi connectivity index (χ0n) is 8.55. The van der Waals surface area contributed by atoms with E-state index in [0.29, 0.717) is 24.3 Å². The van der Waals surface area contributed by atoms with Crippen molar-refractivity contribution < 1.29 is 14.3 Å². The smallest absolute Gasteiger partial charge is 0.364 e. The second-order valence-electron chi connectivity index (χ2n) is 3.95. The molecular formula is C11H17FO2. The summed E-state index contributed by atoms with van der Waals surface area (Å²) in [7, 11) is 0. The second-order valence-corrected chi connectivity index (χ2v) is 3.95. The molecule has 0 spiro atoms. The fraction of sp³-hybridized carbons (Fsp3) is 0.727. The van der Waals surface area contributed by atoms with Gasteiger partial charge in [0, 0.05) is 0 Å². The second kappa shape index (κ2) is 5.13. The van der Waals surface area contributed by atoms with Crippen LogP contribution in [0, 0.1) is 5.92 Å². The number of hydrogen-bond donors (Lipinski definition) is 1. The topological polar surface area (TPSA) is 37.3 Å². The molecule has 0 amide bonds. The van der Waals surface area contributed by atoms with Crippen LogP contribution in [0.4, 0.5) is 4.39 Å². The number of carboxylic acids is 1. The van der Waals surface area contributed by atoms with Crippen LogP contribution >= 0.6 is 0 Å². The fourth-order valence-corrected chi connectivity index (χ4v) is 2.09. The number of hydrogen-bond acceptors (Lipinski definition) is 1. The number of allylic oxidation sites excluding steroid dienone is 1. The van der Waals surface area contributed by atoms with Gasteiger partial charge in [0.1, 0.15) is 0 Å². The van der Waals surface area contributed by atoms with E-state index in [4.69, 9.17) is 5.11 Å². The minimum atomic E-state index is -1.41. The lowest BCUT2D eigenvalue weighted by Crippen LogP contribution is -2.11. The summed E-state index contributed by atoms with van der Waals surface area (Å²) in [6, 6.07) is 0. The van der Waals surface area contributed by atoms with E-state index in [-0.39, 0.29) is 0 Å². The maximum Gasteiger partial charge on any atom is 0.364 e. The zero-order chi connectivity index (χ0) is 10.6. The Balaban J connectivity index is 2.50. The van der Waals surface area contributed by atoms with Crippen LogP contribution in [-0.4, -0.2) is 11.1 Å². The van der Waals surface area contributed by atoms with E-state index in [1.807, 2.05) is 0 Å². The minimum absolute atomic E-state index is 0.504. The van der Waals surface area contributed by atoms with Crippen LogP contribution in [0.2, 0.25) is 0 Å². The molecular weight excluding hydrogens is 183 g/mol. The first-order valence-corrected chi connectivity index (χ1v) is 5.26. The number of halogens is 1. The summed E-state index contributed by atoms with van der Waals surface area (Å²) in [5, 5.41) is 8.47. The first kappa shape index (κ1) is 11.2. The standard InChI is InChI=1S/C11H17FO2/c1-2-3-8-4-6-9(7-5-8)10(12)11(13)14/h8H,2-7H2,1H3,(H,13,14). The molecule has 0 aromatic rings. The first-order valence-electron chi connectivity index (χ1n) is 5.26. The zero-order valence-corrected chi connectivity index (χ0v) is 8.55. The number of rotatable bonds is 3. The summed E-state index contributed by atoms with van der Waals surface area (Å²) in [5.41, 5.74) is 0.504. The Hall–Kier alpha value is -0.860. The predicted molar refractivity (Wildman–Crippen MR) is 52.6 cm³/mol. The SMILES string of the molecule is CCCC1CCC(=C(F)C(=O)O)CC1. The van der Waals surface area contributed by atoms with Crippen molar-refractivity contribution in [2.75, 3.05) is 0 Å². The van der Waals surface area contributed by atoms with Gasteiger partial charge in [-0.25, -0.2) is 4.79 Å². The van der Waals surface area contributed by atoms with Crippen LogP contribution in [0.3, 0.4) is 0 Å². The third kappa shape index (κ3) is 2.82. The molecule has 1 fully saturated rings. The van der Waals surface area contributed by atoms with Crippen molar-refractivity contribution in [2.24, 2.45) is 5.92 Å².